The minimum absolute atomic E-state index is 0.0181. The summed E-state index contributed by atoms with van der Waals surface area (Å²) in [6.45, 7) is 0. The molecule has 0 saturated carbocycles. The number of sulfone groups is 1. The van der Waals surface area contributed by atoms with Crippen LogP contribution in [-0.4, -0.2) is 26.1 Å². The average Bonchev–Trinajstić information content (AvgIpc) is 2.88. The summed E-state index contributed by atoms with van der Waals surface area (Å²) < 4.78 is 37.2. The summed E-state index contributed by atoms with van der Waals surface area (Å²) in [5.74, 6) is -1.45. The van der Waals surface area contributed by atoms with E-state index in [0.29, 0.717) is 11.5 Å². The van der Waals surface area contributed by atoms with Gasteiger partial charge in [0.05, 0.1) is 20.9 Å². The van der Waals surface area contributed by atoms with Gasteiger partial charge in [-0.15, -0.1) is 0 Å². The highest BCUT2D eigenvalue weighted by molar-refractivity contribution is 7.91. The molecule has 4 aromatic rings. The number of para-hydroxylation sites is 2. The quantitative estimate of drug-likeness (QED) is 0.273. The fourth-order valence-electron chi connectivity index (χ4n) is 3.70. The number of ether oxygens (including phenoxy) is 2. The Balaban J connectivity index is 1.48. The molecule has 5 rings (SSSR count). The number of fused-ring (bicyclic) bond motifs is 2. The lowest BCUT2D eigenvalue weighted by atomic mass is 9.99. The number of hydrogen-bond acceptors (Lipinski definition) is 7. The highest BCUT2D eigenvalue weighted by Crippen LogP contribution is 2.35. The number of carbonyl (C=O) groups excluding carboxylic acids is 3. The molecule has 0 N–H and O–H groups in total. The van der Waals surface area contributed by atoms with E-state index in [2.05, 4.69) is 0 Å². The van der Waals surface area contributed by atoms with Gasteiger partial charge >= 0.3 is 11.9 Å². The van der Waals surface area contributed by atoms with Gasteiger partial charge in [-0.1, -0.05) is 36.4 Å². The monoisotopic (exact) mass is 484 g/mol. The summed E-state index contributed by atoms with van der Waals surface area (Å²) in [7, 11) is -4.15. The molecule has 0 spiro atoms. The molecule has 4 aromatic carbocycles. The molecule has 1 aliphatic rings. The van der Waals surface area contributed by atoms with E-state index < -0.39 is 27.6 Å². The SMILES string of the molecule is O=C(Oc1ccccc1)c1ccc2c(c1)C(=O)c1ccc(C(=O)Oc3ccccc3)cc1S2(=O)=O. The lowest BCUT2D eigenvalue weighted by Crippen LogP contribution is -2.22. The largest absolute Gasteiger partial charge is 0.423 e. The van der Waals surface area contributed by atoms with Crippen molar-refractivity contribution in [1.29, 1.82) is 0 Å². The summed E-state index contributed by atoms with van der Waals surface area (Å²) in [5.41, 5.74) is -0.222. The molecule has 0 fully saturated rings. The molecular formula is C27H16O7S. The molecule has 8 heteroatoms. The van der Waals surface area contributed by atoms with Crippen molar-refractivity contribution < 1.29 is 32.3 Å². The van der Waals surface area contributed by atoms with E-state index >= 15 is 0 Å². The van der Waals surface area contributed by atoms with Crippen molar-refractivity contribution in [2.24, 2.45) is 0 Å². The summed E-state index contributed by atoms with van der Waals surface area (Å²) >= 11 is 0. The number of esters is 2. The lowest BCUT2D eigenvalue weighted by molar-refractivity contribution is 0.0724. The van der Waals surface area contributed by atoms with Crippen molar-refractivity contribution in [2.45, 2.75) is 9.79 Å². The molecule has 0 saturated heterocycles. The highest BCUT2D eigenvalue weighted by Gasteiger charge is 2.36. The van der Waals surface area contributed by atoms with Crippen molar-refractivity contribution in [3.05, 3.63) is 119 Å². The first-order chi connectivity index (χ1) is 16.8. The van der Waals surface area contributed by atoms with Crippen LogP contribution in [0.15, 0.2) is 107 Å². The molecule has 35 heavy (non-hydrogen) atoms. The Bertz CT molecular complexity index is 1590. The van der Waals surface area contributed by atoms with Gasteiger partial charge in [-0.05, 0) is 60.7 Å². The minimum Gasteiger partial charge on any atom is -0.423 e. The van der Waals surface area contributed by atoms with Crippen LogP contribution in [0.3, 0.4) is 0 Å². The Morgan fingerprint density at radius 3 is 1.66 bits per heavy atom. The number of hydrogen-bond donors (Lipinski definition) is 0. The molecule has 7 nitrogen and oxygen atoms in total. The molecular weight excluding hydrogens is 468 g/mol. The first-order valence-corrected chi connectivity index (χ1v) is 12.0. The molecule has 0 amide bonds. The van der Waals surface area contributed by atoms with Crippen molar-refractivity contribution in [3.8, 4) is 11.5 Å². The average molecular weight is 484 g/mol. The normalized spacial score (nSPS) is 13.3. The van der Waals surface area contributed by atoms with Crippen LogP contribution >= 0.6 is 0 Å². The molecule has 0 bridgehead atoms. The van der Waals surface area contributed by atoms with E-state index in [1.54, 1.807) is 60.7 Å². The second kappa shape index (κ2) is 8.66. The first kappa shape index (κ1) is 22.2. The lowest BCUT2D eigenvalue weighted by Gasteiger charge is -2.20. The second-order valence-electron chi connectivity index (χ2n) is 7.66. The fraction of sp³-hybridized carbons (Fsp3) is 0. The molecule has 0 radical (unpaired) electrons. The van der Waals surface area contributed by atoms with Crippen LogP contribution in [0.4, 0.5) is 0 Å². The molecule has 0 unspecified atom stereocenters. The minimum atomic E-state index is -4.15. The van der Waals surface area contributed by atoms with Gasteiger partial charge in [-0.25, -0.2) is 18.0 Å². The van der Waals surface area contributed by atoms with Gasteiger partial charge in [0.2, 0.25) is 9.84 Å². The summed E-state index contributed by atoms with van der Waals surface area (Å²) in [5, 5.41) is 0. The maximum Gasteiger partial charge on any atom is 0.343 e. The van der Waals surface area contributed by atoms with Crippen molar-refractivity contribution in [1.82, 2.24) is 0 Å². The van der Waals surface area contributed by atoms with Crippen molar-refractivity contribution in [3.63, 3.8) is 0 Å². The van der Waals surface area contributed by atoms with Crippen LogP contribution in [0.2, 0.25) is 0 Å². The van der Waals surface area contributed by atoms with Crippen molar-refractivity contribution >= 4 is 27.6 Å². The Hall–Kier alpha value is -4.56. The van der Waals surface area contributed by atoms with Gasteiger partial charge < -0.3 is 9.47 Å². The molecule has 172 valence electrons. The third-order valence-corrected chi connectivity index (χ3v) is 7.26. The Morgan fingerprint density at radius 1 is 0.571 bits per heavy atom. The maximum absolute atomic E-state index is 13.3. The van der Waals surface area contributed by atoms with Crippen LogP contribution in [0.25, 0.3) is 0 Å². The van der Waals surface area contributed by atoms with E-state index in [1.807, 2.05) is 0 Å². The topological polar surface area (TPSA) is 104 Å². The van der Waals surface area contributed by atoms with Gasteiger partial charge in [0, 0.05) is 11.1 Å². The van der Waals surface area contributed by atoms with Gasteiger partial charge in [-0.2, -0.15) is 0 Å². The van der Waals surface area contributed by atoms with E-state index in [0.717, 1.165) is 6.07 Å². The third-order valence-electron chi connectivity index (χ3n) is 5.41. The van der Waals surface area contributed by atoms with Crippen LogP contribution < -0.4 is 9.47 Å². The maximum atomic E-state index is 13.3. The summed E-state index contributed by atoms with van der Waals surface area (Å²) in [6, 6.07) is 24.1. The van der Waals surface area contributed by atoms with Gasteiger partial charge in [-0.3, -0.25) is 4.79 Å². The number of benzene rings is 4. The van der Waals surface area contributed by atoms with E-state index in [4.69, 9.17) is 9.47 Å². The molecule has 0 aliphatic carbocycles. The van der Waals surface area contributed by atoms with Crippen LogP contribution in [-0.2, 0) is 9.84 Å². The molecule has 0 atom stereocenters. The van der Waals surface area contributed by atoms with Gasteiger partial charge in [0.25, 0.3) is 0 Å². The Kier molecular flexibility index (Phi) is 5.50. The van der Waals surface area contributed by atoms with Gasteiger partial charge in [0.15, 0.2) is 5.78 Å². The van der Waals surface area contributed by atoms with Gasteiger partial charge in [0.1, 0.15) is 11.5 Å². The second-order valence-corrected chi connectivity index (χ2v) is 9.55. The molecule has 1 heterocycles. The smallest absolute Gasteiger partial charge is 0.343 e. The first-order valence-electron chi connectivity index (χ1n) is 10.5. The van der Waals surface area contributed by atoms with Crippen LogP contribution in [0.1, 0.15) is 36.6 Å². The standard InChI is InChI=1S/C27H16O7S/c28-25-21-13-11-18(27(30)34-20-9-5-2-6-10-20)16-24(21)35(31,32)23-14-12-17(15-22(23)25)26(29)33-19-7-3-1-4-8-19/h1-16H. The van der Waals surface area contributed by atoms with Crippen molar-refractivity contribution in [2.75, 3.05) is 0 Å². The zero-order valence-electron chi connectivity index (χ0n) is 18.0. The van der Waals surface area contributed by atoms with Crippen LogP contribution in [0, 0.1) is 0 Å². The van der Waals surface area contributed by atoms with Crippen LogP contribution in [0.5, 0.6) is 11.5 Å². The summed E-state index contributed by atoms with van der Waals surface area (Å²) in [6.07, 6.45) is 0. The predicted octanol–water partition coefficient (Wildman–Crippen LogP) is 4.50. The number of ketones is 1. The number of rotatable bonds is 4. The third kappa shape index (κ3) is 4.11. The number of carbonyl (C=O) groups is 3. The fourth-order valence-corrected chi connectivity index (χ4v) is 5.36. The Morgan fingerprint density at radius 2 is 1.09 bits per heavy atom. The molecule has 0 aromatic heterocycles. The molecule has 1 aliphatic heterocycles. The highest BCUT2D eigenvalue weighted by atomic mass is 32.2. The van der Waals surface area contributed by atoms with E-state index in [-0.39, 0.29) is 32.0 Å². The predicted molar refractivity (Wildman–Crippen MR) is 125 cm³/mol. The Labute approximate surface area is 200 Å². The summed E-state index contributed by atoms with van der Waals surface area (Å²) in [4.78, 5) is 37.7. The zero-order valence-corrected chi connectivity index (χ0v) is 18.8. The zero-order chi connectivity index (χ0) is 24.6. The van der Waals surface area contributed by atoms with E-state index in [9.17, 15) is 22.8 Å². The van der Waals surface area contributed by atoms with E-state index in [1.165, 1.54) is 30.3 Å².